The van der Waals surface area contributed by atoms with Crippen LogP contribution in [0.5, 0.6) is 0 Å². The number of esters is 1. The molecule has 1 saturated heterocycles. The third-order valence-electron chi connectivity index (χ3n) is 3.17. The van der Waals surface area contributed by atoms with Crippen molar-refractivity contribution in [3.8, 4) is 0 Å². The molecule has 1 atom stereocenters. The van der Waals surface area contributed by atoms with Crippen molar-refractivity contribution in [2.45, 2.75) is 38.1 Å². The molecule has 4 nitrogen and oxygen atoms in total. The van der Waals surface area contributed by atoms with E-state index in [0.717, 1.165) is 13.0 Å². The molecule has 1 heterocycles. The minimum Gasteiger partial charge on any atom is -0.469 e. The van der Waals surface area contributed by atoms with Crippen LogP contribution in [0.25, 0.3) is 0 Å². The van der Waals surface area contributed by atoms with Gasteiger partial charge in [-0.1, -0.05) is 0 Å². The lowest BCUT2D eigenvalue weighted by atomic mass is 10.1. The minimum atomic E-state index is -0.109. The molecule has 0 amide bonds. The molecule has 0 saturated carbocycles. The van der Waals surface area contributed by atoms with Crippen LogP contribution in [0.2, 0.25) is 0 Å². The van der Waals surface area contributed by atoms with Crippen LogP contribution in [0.4, 0.5) is 0 Å². The second-order valence-corrected chi connectivity index (χ2v) is 4.56. The standard InChI is InChI=1S/C12H24N2O2/c1-14-9-4-5-11(7-10-14)13-8-3-6-12(15)16-2/h11,13H,3-10H2,1-2H3. The van der Waals surface area contributed by atoms with Gasteiger partial charge in [-0.2, -0.15) is 0 Å². The third kappa shape index (κ3) is 5.47. The van der Waals surface area contributed by atoms with Crippen molar-refractivity contribution in [2.75, 3.05) is 33.8 Å². The highest BCUT2D eigenvalue weighted by atomic mass is 16.5. The molecular weight excluding hydrogens is 204 g/mol. The van der Waals surface area contributed by atoms with E-state index in [2.05, 4.69) is 22.0 Å². The molecule has 94 valence electrons. The fourth-order valence-electron chi connectivity index (χ4n) is 2.09. The maximum atomic E-state index is 10.9. The van der Waals surface area contributed by atoms with E-state index < -0.39 is 0 Å². The van der Waals surface area contributed by atoms with Crippen molar-refractivity contribution in [3.63, 3.8) is 0 Å². The van der Waals surface area contributed by atoms with Crippen LogP contribution in [-0.2, 0) is 9.53 Å². The van der Waals surface area contributed by atoms with Gasteiger partial charge in [-0.05, 0) is 52.4 Å². The second kappa shape index (κ2) is 7.63. The average molecular weight is 228 g/mol. The quantitative estimate of drug-likeness (QED) is 0.563. The van der Waals surface area contributed by atoms with Gasteiger partial charge < -0.3 is 15.0 Å². The van der Waals surface area contributed by atoms with Gasteiger partial charge in [0.2, 0.25) is 0 Å². The number of carbonyl (C=O) groups excluding carboxylic acids is 1. The van der Waals surface area contributed by atoms with Gasteiger partial charge in [0, 0.05) is 12.5 Å². The van der Waals surface area contributed by atoms with Crippen LogP contribution in [0.15, 0.2) is 0 Å². The minimum absolute atomic E-state index is 0.109. The maximum Gasteiger partial charge on any atom is 0.305 e. The van der Waals surface area contributed by atoms with E-state index in [9.17, 15) is 4.79 Å². The number of ether oxygens (including phenoxy) is 1. The zero-order chi connectivity index (χ0) is 11.8. The highest BCUT2D eigenvalue weighted by Crippen LogP contribution is 2.09. The van der Waals surface area contributed by atoms with Crippen LogP contribution >= 0.6 is 0 Å². The van der Waals surface area contributed by atoms with Crippen LogP contribution in [0.1, 0.15) is 32.1 Å². The van der Waals surface area contributed by atoms with Crippen molar-refractivity contribution in [3.05, 3.63) is 0 Å². The number of rotatable bonds is 5. The number of hydrogen-bond donors (Lipinski definition) is 1. The monoisotopic (exact) mass is 228 g/mol. The van der Waals surface area contributed by atoms with Crippen LogP contribution in [0, 0.1) is 0 Å². The van der Waals surface area contributed by atoms with Gasteiger partial charge in [0.25, 0.3) is 0 Å². The number of hydrogen-bond acceptors (Lipinski definition) is 4. The molecule has 0 aromatic rings. The van der Waals surface area contributed by atoms with E-state index in [1.165, 1.54) is 39.5 Å². The molecule has 1 unspecified atom stereocenters. The van der Waals surface area contributed by atoms with Crippen LogP contribution in [-0.4, -0.2) is 50.7 Å². The summed E-state index contributed by atoms with van der Waals surface area (Å²) in [5.74, 6) is -0.109. The van der Waals surface area contributed by atoms with Crippen molar-refractivity contribution >= 4 is 5.97 Å². The van der Waals surface area contributed by atoms with E-state index in [1.54, 1.807) is 0 Å². The molecule has 0 bridgehead atoms. The van der Waals surface area contributed by atoms with Gasteiger partial charge in [0.15, 0.2) is 0 Å². The fourth-order valence-corrected chi connectivity index (χ4v) is 2.09. The number of methoxy groups -OCH3 is 1. The Morgan fingerprint density at radius 2 is 2.25 bits per heavy atom. The predicted octanol–water partition coefficient (Wildman–Crippen LogP) is 1.01. The van der Waals surface area contributed by atoms with Crippen molar-refractivity contribution in [1.29, 1.82) is 0 Å². The Hall–Kier alpha value is -0.610. The number of likely N-dealkylation sites (tertiary alicyclic amines) is 1. The van der Waals surface area contributed by atoms with Gasteiger partial charge in [-0.15, -0.1) is 0 Å². The average Bonchev–Trinajstić information content (AvgIpc) is 2.49. The number of nitrogens with zero attached hydrogens (tertiary/aromatic N) is 1. The smallest absolute Gasteiger partial charge is 0.305 e. The molecule has 0 aromatic heterocycles. The lowest BCUT2D eigenvalue weighted by Crippen LogP contribution is -2.31. The molecule has 1 rings (SSSR count). The Morgan fingerprint density at radius 1 is 1.44 bits per heavy atom. The van der Waals surface area contributed by atoms with E-state index in [0.29, 0.717) is 12.5 Å². The highest BCUT2D eigenvalue weighted by Gasteiger charge is 2.13. The normalized spacial score (nSPS) is 22.8. The Bertz CT molecular complexity index is 209. The summed E-state index contributed by atoms with van der Waals surface area (Å²) < 4.78 is 4.60. The van der Waals surface area contributed by atoms with Crippen molar-refractivity contribution < 1.29 is 9.53 Å². The first-order chi connectivity index (χ1) is 7.72. The van der Waals surface area contributed by atoms with Gasteiger partial charge in [0.05, 0.1) is 7.11 Å². The van der Waals surface area contributed by atoms with Crippen LogP contribution in [0.3, 0.4) is 0 Å². The Kier molecular flexibility index (Phi) is 6.42. The van der Waals surface area contributed by atoms with E-state index in [1.807, 2.05) is 0 Å². The molecule has 1 fully saturated rings. The summed E-state index contributed by atoms with van der Waals surface area (Å²) in [6.45, 7) is 3.30. The summed E-state index contributed by atoms with van der Waals surface area (Å²) in [7, 11) is 3.62. The van der Waals surface area contributed by atoms with Gasteiger partial charge in [0.1, 0.15) is 0 Å². The summed E-state index contributed by atoms with van der Waals surface area (Å²) in [4.78, 5) is 13.3. The summed E-state index contributed by atoms with van der Waals surface area (Å²) >= 11 is 0. The maximum absolute atomic E-state index is 10.9. The first kappa shape index (κ1) is 13.5. The summed E-state index contributed by atoms with van der Waals surface area (Å²) in [6.07, 6.45) is 5.14. The fraction of sp³-hybridized carbons (Fsp3) is 0.917. The zero-order valence-corrected chi connectivity index (χ0v) is 10.5. The van der Waals surface area contributed by atoms with Gasteiger partial charge >= 0.3 is 5.97 Å². The van der Waals surface area contributed by atoms with E-state index in [-0.39, 0.29) is 5.97 Å². The summed E-state index contributed by atoms with van der Waals surface area (Å²) in [5.41, 5.74) is 0. The van der Waals surface area contributed by atoms with E-state index >= 15 is 0 Å². The van der Waals surface area contributed by atoms with Crippen LogP contribution < -0.4 is 5.32 Å². The first-order valence-electron chi connectivity index (χ1n) is 6.21. The molecular formula is C12H24N2O2. The van der Waals surface area contributed by atoms with Gasteiger partial charge in [-0.3, -0.25) is 4.79 Å². The Labute approximate surface area is 98.3 Å². The molecule has 1 N–H and O–H groups in total. The Morgan fingerprint density at radius 3 is 3.00 bits per heavy atom. The topological polar surface area (TPSA) is 41.6 Å². The SMILES string of the molecule is COC(=O)CCCNC1CCCN(C)CC1. The lowest BCUT2D eigenvalue weighted by Gasteiger charge is -2.16. The highest BCUT2D eigenvalue weighted by molar-refractivity contribution is 5.69. The Balaban J connectivity index is 2.06. The summed E-state index contributed by atoms with van der Waals surface area (Å²) in [6, 6.07) is 0.627. The second-order valence-electron chi connectivity index (χ2n) is 4.56. The summed E-state index contributed by atoms with van der Waals surface area (Å²) in [5, 5.41) is 3.53. The number of nitrogens with one attached hydrogen (secondary N) is 1. The lowest BCUT2D eigenvalue weighted by molar-refractivity contribution is -0.140. The largest absolute Gasteiger partial charge is 0.469 e. The zero-order valence-electron chi connectivity index (χ0n) is 10.5. The molecule has 16 heavy (non-hydrogen) atoms. The molecule has 0 radical (unpaired) electrons. The molecule has 1 aliphatic rings. The number of carbonyl (C=O) groups is 1. The molecule has 0 aliphatic carbocycles. The third-order valence-corrected chi connectivity index (χ3v) is 3.17. The molecule has 0 spiro atoms. The molecule has 1 aliphatic heterocycles. The van der Waals surface area contributed by atoms with Gasteiger partial charge in [-0.25, -0.2) is 0 Å². The molecule has 4 heteroatoms. The first-order valence-corrected chi connectivity index (χ1v) is 6.21. The van der Waals surface area contributed by atoms with E-state index in [4.69, 9.17) is 0 Å². The molecule has 0 aromatic carbocycles. The van der Waals surface area contributed by atoms with Crippen molar-refractivity contribution in [1.82, 2.24) is 10.2 Å². The van der Waals surface area contributed by atoms with Crippen molar-refractivity contribution in [2.24, 2.45) is 0 Å². The predicted molar refractivity (Wildman–Crippen MR) is 64.4 cm³/mol.